The van der Waals surface area contributed by atoms with Gasteiger partial charge in [0.05, 0.1) is 5.54 Å². The highest BCUT2D eigenvalue weighted by Crippen LogP contribution is 2.18. The van der Waals surface area contributed by atoms with E-state index in [2.05, 4.69) is 31.4 Å². The molecule has 2 amide bonds. The Morgan fingerprint density at radius 1 is 1.13 bits per heavy atom. The van der Waals surface area contributed by atoms with Crippen LogP contribution in [0.15, 0.2) is 35.3 Å². The number of amides is 2. The zero-order valence-electron chi connectivity index (χ0n) is 15.0. The zero-order chi connectivity index (χ0) is 17.3. The molecule has 1 heterocycles. The van der Waals surface area contributed by atoms with Crippen LogP contribution < -0.4 is 10.6 Å². The van der Waals surface area contributed by atoms with Crippen molar-refractivity contribution in [2.75, 3.05) is 0 Å². The van der Waals surface area contributed by atoms with Crippen LogP contribution in [0.1, 0.15) is 47.1 Å². The lowest BCUT2D eigenvalue weighted by atomic mass is 10.1. The van der Waals surface area contributed by atoms with E-state index in [4.69, 9.17) is 4.99 Å². The molecular weight excluding hydrogens is 288 g/mol. The number of carbonyl (C=O) groups excluding carboxylic acids is 1. The van der Waals surface area contributed by atoms with Crippen LogP contribution in [0.5, 0.6) is 0 Å². The van der Waals surface area contributed by atoms with Crippen LogP contribution in [-0.2, 0) is 6.54 Å². The van der Waals surface area contributed by atoms with Gasteiger partial charge in [0, 0.05) is 12.1 Å². The van der Waals surface area contributed by atoms with E-state index in [0.29, 0.717) is 12.4 Å². The topological polar surface area (TPSA) is 56.7 Å². The fraction of sp³-hybridized carbons (Fsp3) is 0.556. The highest BCUT2D eigenvalue weighted by atomic mass is 16.2. The predicted octanol–water partition coefficient (Wildman–Crippen LogP) is 3.12. The Morgan fingerprint density at radius 3 is 2.26 bits per heavy atom. The third-order valence-corrected chi connectivity index (χ3v) is 3.29. The van der Waals surface area contributed by atoms with E-state index in [1.807, 2.05) is 51.1 Å². The first-order chi connectivity index (χ1) is 10.6. The van der Waals surface area contributed by atoms with Crippen LogP contribution in [0.4, 0.5) is 4.79 Å². The second-order valence-electron chi connectivity index (χ2n) is 8.01. The number of rotatable bonds is 3. The van der Waals surface area contributed by atoms with Crippen molar-refractivity contribution in [1.82, 2.24) is 15.5 Å². The van der Waals surface area contributed by atoms with Crippen molar-refractivity contribution in [3.8, 4) is 0 Å². The maximum absolute atomic E-state index is 12.5. The van der Waals surface area contributed by atoms with Gasteiger partial charge in [-0.3, -0.25) is 20.5 Å². The first-order valence-corrected chi connectivity index (χ1v) is 8.04. The summed E-state index contributed by atoms with van der Waals surface area (Å²) in [5, 5.41) is 6.43. The summed E-state index contributed by atoms with van der Waals surface area (Å²) in [6.07, 6.45) is -0.248. The molecule has 5 nitrogen and oxygen atoms in total. The van der Waals surface area contributed by atoms with Gasteiger partial charge in [0.15, 0.2) is 0 Å². The first-order valence-electron chi connectivity index (χ1n) is 8.04. The number of hydrogen-bond acceptors (Lipinski definition) is 3. The summed E-state index contributed by atoms with van der Waals surface area (Å²) in [5.74, 6) is 0.688. The summed E-state index contributed by atoms with van der Waals surface area (Å²) < 4.78 is 0. The number of amidine groups is 1. The summed E-state index contributed by atoms with van der Waals surface area (Å²) >= 11 is 0. The van der Waals surface area contributed by atoms with Crippen LogP contribution in [0.3, 0.4) is 0 Å². The van der Waals surface area contributed by atoms with Gasteiger partial charge in [-0.2, -0.15) is 0 Å². The lowest BCUT2D eigenvalue weighted by Gasteiger charge is -2.31. The van der Waals surface area contributed by atoms with Crippen LogP contribution in [0, 0.1) is 0 Å². The van der Waals surface area contributed by atoms with Gasteiger partial charge in [-0.05, 0) is 47.1 Å². The van der Waals surface area contributed by atoms with Crippen molar-refractivity contribution in [3.63, 3.8) is 0 Å². The number of benzene rings is 1. The maximum atomic E-state index is 12.5. The van der Waals surface area contributed by atoms with E-state index in [9.17, 15) is 4.79 Å². The van der Waals surface area contributed by atoms with Crippen LogP contribution >= 0.6 is 0 Å². The van der Waals surface area contributed by atoms with E-state index in [1.54, 1.807) is 4.90 Å². The van der Waals surface area contributed by atoms with Gasteiger partial charge in [0.1, 0.15) is 12.0 Å². The van der Waals surface area contributed by atoms with Crippen molar-refractivity contribution in [2.45, 2.75) is 65.3 Å². The molecule has 126 valence electrons. The van der Waals surface area contributed by atoms with Gasteiger partial charge in [-0.25, -0.2) is 4.79 Å². The van der Waals surface area contributed by atoms with Crippen LogP contribution in [-0.4, -0.2) is 34.0 Å². The molecule has 0 bridgehead atoms. The van der Waals surface area contributed by atoms with E-state index >= 15 is 0 Å². The van der Waals surface area contributed by atoms with E-state index < -0.39 is 0 Å². The number of nitrogens with one attached hydrogen (secondary N) is 2. The van der Waals surface area contributed by atoms with Gasteiger partial charge >= 0.3 is 6.03 Å². The normalized spacial score (nSPS) is 21.0. The Hall–Kier alpha value is -1.88. The minimum atomic E-state index is -0.248. The lowest BCUT2D eigenvalue weighted by Crippen LogP contribution is -2.53. The summed E-state index contributed by atoms with van der Waals surface area (Å²) in [6.45, 7) is 12.9. The standard InChI is InChI=1S/C18H28N4O/c1-17(2,3)20-14-15(21-18(4,5)6)22(16(23)19-14)12-13-10-8-7-9-11-13/h7-11,15,21H,12H2,1-6H3,(H,19,20,23). The van der Waals surface area contributed by atoms with Crippen LogP contribution in [0.25, 0.3) is 0 Å². The molecule has 2 N–H and O–H groups in total. The molecular formula is C18H28N4O. The zero-order valence-corrected chi connectivity index (χ0v) is 15.0. The van der Waals surface area contributed by atoms with E-state index in [-0.39, 0.29) is 23.3 Å². The SMILES string of the molecule is CC(C)(C)N=C1NC(=O)N(Cc2ccccc2)C1NC(C)(C)C. The summed E-state index contributed by atoms with van der Waals surface area (Å²) in [5.41, 5.74) is 0.716. The molecule has 1 atom stereocenters. The van der Waals surface area contributed by atoms with E-state index in [0.717, 1.165) is 5.56 Å². The van der Waals surface area contributed by atoms with Gasteiger partial charge in [-0.1, -0.05) is 30.3 Å². The minimum absolute atomic E-state index is 0.112. The molecule has 1 fully saturated rings. The second kappa shape index (κ2) is 6.32. The summed E-state index contributed by atoms with van der Waals surface area (Å²) in [4.78, 5) is 19.0. The molecule has 1 aromatic rings. The molecule has 0 radical (unpaired) electrons. The smallest absolute Gasteiger partial charge is 0.297 e. The molecule has 1 saturated heterocycles. The molecule has 1 aliphatic rings. The number of aliphatic imine (C=N–C) groups is 1. The molecule has 23 heavy (non-hydrogen) atoms. The van der Waals surface area contributed by atoms with Crippen molar-refractivity contribution in [1.29, 1.82) is 0 Å². The molecule has 1 aliphatic heterocycles. The van der Waals surface area contributed by atoms with Crippen LogP contribution in [0.2, 0.25) is 0 Å². The molecule has 0 saturated carbocycles. The lowest BCUT2D eigenvalue weighted by molar-refractivity contribution is 0.184. The highest BCUT2D eigenvalue weighted by Gasteiger charge is 2.39. The Bertz CT molecular complexity index is 581. The third-order valence-electron chi connectivity index (χ3n) is 3.29. The Kier molecular flexibility index (Phi) is 4.80. The van der Waals surface area contributed by atoms with Crippen molar-refractivity contribution >= 4 is 11.9 Å². The molecule has 1 aromatic carbocycles. The Labute approximate surface area is 139 Å². The summed E-state index contributed by atoms with van der Waals surface area (Å²) in [6, 6.07) is 9.89. The van der Waals surface area contributed by atoms with Gasteiger partial charge in [0.2, 0.25) is 0 Å². The number of carbonyl (C=O) groups is 1. The first kappa shape index (κ1) is 17.5. The van der Waals surface area contributed by atoms with Gasteiger partial charge < -0.3 is 0 Å². The fourth-order valence-corrected chi connectivity index (χ4v) is 2.46. The largest absolute Gasteiger partial charge is 0.324 e. The molecule has 2 rings (SSSR count). The van der Waals surface area contributed by atoms with Gasteiger partial charge in [0.25, 0.3) is 0 Å². The van der Waals surface area contributed by atoms with Crippen molar-refractivity contribution in [3.05, 3.63) is 35.9 Å². The molecule has 1 unspecified atom stereocenters. The number of urea groups is 1. The number of hydrogen-bond donors (Lipinski definition) is 2. The van der Waals surface area contributed by atoms with Crippen molar-refractivity contribution in [2.24, 2.45) is 4.99 Å². The average Bonchev–Trinajstić information content (AvgIpc) is 2.64. The quantitative estimate of drug-likeness (QED) is 0.900. The second-order valence-corrected chi connectivity index (χ2v) is 8.01. The fourth-order valence-electron chi connectivity index (χ4n) is 2.46. The monoisotopic (exact) mass is 316 g/mol. The molecule has 0 spiro atoms. The highest BCUT2D eigenvalue weighted by molar-refractivity contribution is 6.07. The third kappa shape index (κ3) is 5.06. The maximum Gasteiger partial charge on any atom is 0.324 e. The van der Waals surface area contributed by atoms with Gasteiger partial charge in [-0.15, -0.1) is 0 Å². The molecule has 5 heteroatoms. The average molecular weight is 316 g/mol. The summed E-state index contributed by atoms with van der Waals surface area (Å²) in [7, 11) is 0. The Balaban J connectivity index is 2.31. The number of nitrogens with zero attached hydrogens (tertiary/aromatic N) is 2. The molecule has 0 aliphatic carbocycles. The Morgan fingerprint density at radius 2 is 1.74 bits per heavy atom. The van der Waals surface area contributed by atoms with E-state index in [1.165, 1.54) is 0 Å². The predicted molar refractivity (Wildman–Crippen MR) is 94.4 cm³/mol. The minimum Gasteiger partial charge on any atom is -0.297 e. The molecule has 0 aromatic heterocycles. The van der Waals surface area contributed by atoms with Crippen molar-refractivity contribution < 1.29 is 4.79 Å².